The fourth-order valence-electron chi connectivity index (χ4n) is 3.52. The second kappa shape index (κ2) is 7.13. The van der Waals surface area contributed by atoms with Gasteiger partial charge in [0.25, 0.3) is 0 Å². The van der Waals surface area contributed by atoms with Gasteiger partial charge in [0.15, 0.2) is 12.4 Å². The molecule has 0 bridgehead atoms. The molecule has 27 heavy (non-hydrogen) atoms. The van der Waals surface area contributed by atoms with Gasteiger partial charge >= 0.3 is 12.1 Å². The largest absolute Gasteiger partial charge is 0.484 e. The second-order valence-corrected chi connectivity index (χ2v) is 7.88. The first-order valence-electron chi connectivity index (χ1n) is 9.02. The number of aliphatic carboxylic acids is 1. The minimum atomic E-state index is -4.47. The predicted octanol–water partition coefficient (Wildman–Crippen LogP) is 4.36. The van der Waals surface area contributed by atoms with Gasteiger partial charge in [0.05, 0.1) is 6.42 Å². The minimum Gasteiger partial charge on any atom is -0.484 e. The van der Waals surface area contributed by atoms with Crippen LogP contribution < -0.4 is 4.74 Å². The topological polar surface area (TPSA) is 76.5 Å². The molecule has 1 atom stereocenters. The number of carboxylic acids is 1. The highest BCUT2D eigenvalue weighted by Crippen LogP contribution is 2.50. The fraction of sp³-hybridized carbons (Fsp3) is 0.632. The molecule has 5 nitrogen and oxygen atoms in total. The number of hydrogen-bond donors (Lipinski definition) is 1. The summed E-state index contributed by atoms with van der Waals surface area (Å²) in [6.07, 6.45) is 0.295. The van der Waals surface area contributed by atoms with Crippen molar-refractivity contribution in [1.29, 1.82) is 0 Å². The number of ether oxygens (including phenoxy) is 1. The third kappa shape index (κ3) is 5.20. The Balaban J connectivity index is 1.78. The van der Waals surface area contributed by atoms with Crippen molar-refractivity contribution in [2.45, 2.75) is 57.5 Å². The lowest BCUT2D eigenvalue weighted by Gasteiger charge is -2.27. The molecule has 0 amide bonds. The third-order valence-electron chi connectivity index (χ3n) is 5.27. The number of aromatic nitrogens is 1. The minimum absolute atomic E-state index is 0.00153. The average Bonchev–Trinajstić information content (AvgIpc) is 3.44. The van der Waals surface area contributed by atoms with Crippen molar-refractivity contribution in [2.24, 2.45) is 11.3 Å². The van der Waals surface area contributed by atoms with Crippen LogP contribution in [0.15, 0.2) is 12.3 Å². The zero-order chi connectivity index (χ0) is 19.8. The molecule has 3 rings (SSSR count). The van der Waals surface area contributed by atoms with Gasteiger partial charge in [-0.15, -0.1) is 0 Å². The van der Waals surface area contributed by atoms with Crippen molar-refractivity contribution in [3.63, 3.8) is 0 Å². The summed E-state index contributed by atoms with van der Waals surface area (Å²) in [6.45, 7) is 0.347. The summed E-state index contributed by atoms with van der Waals surface area (Å²) in [7, 11) is 0. The van der Waals surface area contributed by atoms with E-state index < -0.39 is 24.2 Å². The first-order chi connectivity index (χ1) is 12.6. The van der Waals surface area contributed by atoms with E-state index in [1.165, 1.54) is 12.3 Å². The van der Waals surface area contributed by atoms with Crippen molar-refractivity contribution in [1.82, 2.24) is 4.98 Å². The number of rotatable bonds is 9. The molecule has 0 aromatic carbocycles. The van der Waals surface area contributed by atoms with E-state index in [1.54, 1.807) is 6.92 Å². The lowest BCUT2D eigenvalue weighted by molar-refractivity contribution is -0.153. The lowest BCUT2D eigenvalue weighted by atomic mass is 9.76. The highest BCUT2D eigenvalue weighted by Gasteiger charge is 2.44. The quantitative estimate of drug-likeness (QED) is 0.639. The van der Waals surface area contributed by atoms with E-state index in [0.29, 0.717) is 5.56 Å². The number of nitrogens with zero attached hydrogens (tertiary/aromatic N) is 1. The Labute approximate surface area is 154 Å². The van der Waals surface area contributed by atoms with Gasteiger partial charge in [-0.05, 0) is 42.9 Å². The molecular formula is C19H22F3NO4. The molecule has 2 fully saturated rings. The first kappa shape index (κ1) is 19.6. The molecule has 1 heterocycles. The number of pyridine rings is 1. The van der Waals surface area contributed by atoms with Crippen LogP contribution in [0.4, 0.5) is 13.2 Å². The lowest BCUT2D eigenvalue weighted by Crippen LogP contribution is -2.27. The van der Waals surface area contributed by atoms with Crippen LogP contribution in [-0.4, -0.2) is 34.6 Å². The summed E-state index contributed by atoms with van der Waals surface area (Å²) in [5, 5.41) is 9.15. The molecule has 2 aliphatic carbocycles. The number of hydrogen-bond acceptors (Lipinski definition) is 4. The Morgan fingerprint density at radius 1 is 1.22 bits per heavy atom. The van der Waals surface area contributed by atoms with Gasteiger partial charge in [-0.2, -0.15) is 13.2 Å². The summed E-state index contributed by atoms with van der Waals surface area (Å²) < 4.78 is 42.5. The molecule has 0 radical (unpaired) electrons. The molecule has 1 aromatic heterocycles. The number of alkyl halides is 3. The van der Waals surface area contributed by atoms with Crippen molar-refractivity contribution in [2.75, 3.05) is 6.61 Å². The fourth-order valence-corrected chi connectivity index (χ4v) is 3.52. The third-order valence-corrected chi connectivity index (χ3v) is 5.27. The number of carboxylic acid groups (broad SMARTS) is 1. The van der Waals surface area contributed by atoms with Gasteiger partial charge in [0.1, 0.15) is 11.4 Å². The molecule has 0 saturated heterocycles. The highest BCUT2D eigenvalue weighted by molar-refractivity contribution is 5.95. The van der Waals surface area contributed by atoms with Crippen LogP contribution >= 0.6 is 0 Å². The normalized spacial score (nSPS) is 19.4. The van der Waals surface area contributed by atoms with Crippen molar-refractivity contribution < 1.29 is 32.6 Å². The molecule has 2 saturated carbocycles. The molecule has 0 aliphatic heterocycles. The summed E-state index contributed by atoms with van der Waals surface area (Å²) in [4.78, 5) is 28.0. The van der Waals surface area contributed by atoms with E-state index >= 15 is 0 Å². The summed E-state index contributed by atoms with van der Waals surface area (Å²) in [5.74, 6) is -1.01. The molecule has 1 unspecified atom stereocenters. The molecule has 2 aliphatic rings. The number of halogens is 3. The molecule has 1 N–H and O–H groups in total. The Bertz CT molecular complexity index is 741. The molecule has 148 valence electrons. The van der Waals surface area contributed by atoms with Crippen molar-refractivity contribution in [3.05, 3.63) is 23.5 Å². The van der Waals surface area contributed by atoms with Crippen LogP contribution in [0, 0.1) is 11.3 Å². The van der Waals surface area contributed by atoms with E-state index in [0.717, 1.165) is 25.7 Å². The van der Waals surface area contributed by atoms with Crippen LogP contribution in [0.2, 0.25) is 0 Å². The Morgan fingerprint density at radius 2 is 1.89 bits per heavy atom. The molecule has 1 aromatic rings. The van der Waals surface area contributed by atoms with Gasteiger partial charge in [0, 0.05) is 24.2 Å². The maximum absolute atomic E-state index is 12.7. The Hall–Kier alpha value is -2.12. The maximum Gasteiger partial charge on any atom is 0.422 e. The average molecular weight is 385 g/mol. The SMILES string of the molecule is CC(CC(=O)O)(CC(=O)c1cc(OCC(F)(F)F)c(C2CC2)cn1)C1CC1. The number of carbonyl (C=O) groups is 2. The van der Waals surface area contributed by atoms with Crippen LogP contribution in [0.3, 0.4) is 0 Å². The molecular weight excluding hydrogens is 363 g/mol. The number of ketones is 1. The monoisotopic (exact) mass is 385 g/mol. The van der Waals surface area contributed by atoms with E-state index in [2.05, 4.69) is 4.98 Å². The van der Waals surface area contributed by atoms with Crippen LogP contribution in [0.5, 0.6) is 5.75 Å². The number of carbonyl (C=O) groups excluding carboxylic acids is 1. The zero-order valence-electron chi connectivity index (χ0n) is 15.0. The summed E-state index contributed by atoms with van der Waals surface area (Å²) >= 11 is 0. The van der Waals surface area contributed by atoms with Crippen LogP contribution in [-0.2, 0) is 4.79 Å². The van der Waals surface area contributed by atoms with Gasteiger partial charge in [0.2, 0.25) is 0 Å². The maximum atomic E-state index is 12.7. The zero-order valence-corrected chi connectivity index (χ0v) is 15.0. The van der Waals surface area contributed by atoms with Gasteiger partial charge < -0.3 is 9.84 Å². The predicted molar refractivity (Wildman–Crippen MR) is 89.8 cm³/mol. The van der Waals surface area contributed by atoms with E-state index in [-0.39, 0.29) is 41.9 Å². The van der Waals surface area contributed by atoms with Gasteiger partial charge in [-0.25, -0.2) is 0 Å². The smallest absolute Gasteiger partial charge is 0.422 e. The van der Waals surface area contributed by atoms with Crippen molar-refractivity contribution >= 4 is 11.8 Å². The standard InChI is InChI=1S/C19H22F3NO4/c1-18(8-17(25)26,12-4-5-12)7-15(24)14-6-16(27-10-19(20,21)22)13(9-23-14)11-2-3-11/h6,9,11-12H,2-5,7-8,10H2,1H3,(H,25,26). The van der Waals surface area contributed by atoms with E-state index in [9.17, 15) is 22.8 Å². The molecule has 8 heteroatoms. The summed E-state index contributed by atoms with van der Waals surface area (Å²) in [5.41, 5.74) is -0.0626. The molecule has 0 spiro atoms. The van der Waals surface area contributed by atoms with E-state index in [4.69, 9.17) is 9.84 Å². The second-order valence-electron chi connectivity index (χ2n) is 7.88. The highest BCUT2D eigenvalue weighted by atomic mass is 19.4. The van der Waals surface area contributed by atoms with Gasteiger partial charge in [-0.1, -0.05) is 6.92 Å². The van der Waals surface area contributed by atoms with E-state index in [1.807, 2.05) is 0 Å². The van der Waals surface area contributed by atoms with Crippen molar-refractivity contribution in [3.8, 4) is 5.75 Å². The van der Waals surface area contributed by atoms with Gasteiger partial charge in [-0.3, -0.25) is 14.6 Å². The summed E-state index contributed by atoms with van der Waals surface area (Å²) in [6, 6.07) is 1.27. The van der Waals surface area contributed by atoms with Crippen LogP contribution in [0.1, 0.15) is 67.4 Å². The Kier molecular flexibility index (Phi) is 5.18. The van der Waals surface area contributed by atoms with Crippen LogP contribution in [0.25, 0.3) is 0 Å². The first-order valence-corrected chi connectivity index (χ1v) is 9.02. The number of Topliss-reactive ketones (excluding diaryl/α,β-unsaturated/α-hetero) is 1. The Morgan fingerprint density at radius 3 is 2.41 bits per heavy atom.